The Bertz CT molecular complexity index is 3420. The molecule has 0 amide bonds. The van der Waals surface area contributed by atoms with Gasteiger partial charge in [-0.2, -0.15) is 0 Å². The molecule has 0 spiro atoms. The lowest BCUT2D eigenvalue weighted by atomic mass is 9.98. The average Bonchev–Trinajstić information content (AvgIpc) is 3.96. The first kappa shape index (κ1) is 31.9. The molecule has 5 nitrogen and oxygen atoms in total. The zero-order valence-electron chi connectivity index (χ0n) is 30.4. The Hall–Kier alpha value is -7.41. The highest BCUT2D eigenvalue weighted by atomic mass is 32.1. The van der Waals surface area contributed by atoms with Gasteiger partial charge >= 0.3 is 0 Å². The van der Waals surface area contributed by atoms with Crippen LogP contribution in [0.15, 0.2) is 186 Å². The summed E-state index contributed by atoms with van der Waals surface area (Å²) in [4.78, 5) is 15.5. The highest BCUT2D eigenvalue weighted by Crippen LogP contribution is 2.47. The van der Waals surface area contributed by atoms with Crippen molar-refractivity contribution in [2.45, 2.75) is 0 Å². The molecule has 6 heteroatoms. The van der Waals surface area contributed by atoms with Crippen LogP contribution in [0.2, 0.25) is 0 Å². The van der Waals surface area contributed by atoms with Crippen LogP contribution < -0.4 is 0 Å². The van der Waals surface area contributed by atoms with E-state index >= 15 is 0 Å². The van der Waals surface area contributed by atoms with E-state index in [0.29, 0.717) is 17.5 Å². The number of hydrogen-bond acceptors (Lipinski definition) is 5. The van der Waals surface area contributed by atoms with Gasteiger partial charge in [-0.05, 0) is 65.7 Å². The molecule has 0 aliphatic rings. The standard InChI is InChI=1S/C51H30N4OS/c1-3-14-31(15-4-1)49-52-50(32-16-5-2-6-17-32)54-51(53-49)41-30-34(29-40-46-45(57-48(40)41)27-26-39-38-22-9-12-25-44(38)56-47(39)46)33-18-13-19-35(28-33)55-42-23-10-7-20-36(42)37-21-8-11-24-43(37)55/h1-30H. The number of rotatable bonds is 5. The number of para-hydroxylation sites is 3. The molecule has 0 fully saturated rings. The van der Waals surface area contributed by atoms with Crippen molar-refractivity contribution in [2.24, 2.45) is 0 Å². The molecule has 0 N–H and O–H groups in total. The molecule has 266 valence electrons. The summed E-state index contributed by atoms with van der Waals surface area (Å²) in [6.45, 7) is 0. The Morgan fingerprint density at radius 2 is 1.02 bits per heavy atom. The number of nitrogens with zero attached hydrogens (tertiary/aromatic N) is 4. The minimum absolute atomic E-state index is 0.625. The molecule has 0 aliphatic carbocycles. The smallest absolute Gasteiger partial charge is 0.165 e. The maximum atomic E-state index is 6.69. The summed E-state index contributed by atoms with van der Waals surface area (Å²) in [7, 11) is 0. The first-order valence-electron chi connectivity index (χ1n) is 19.0. The monoisotopic (exact) mass is 746 g/mol. The molecular weight excluding hydrogens is 717 g/mol. The maximum Gasteiger partial charge on any atom is 0.165 e. The Morgan fingerprint density at radius 3 is 1.72 bits per heavy atom. The molecule has 12 rings (SSSR count). The van der Waals surface area contributed by atoms with Crippen molar-refractivity contribution in [3.63, 3.8) is 0 Å². The number of furan rings is 1. The van der Waals surface area contributed by atoms with Crippen molar-refractivity contribution >= 4 is 75.3 Å². The van der Waals surface area contributed by atoms with Crippen LogP contribution in [0.5, 0.6) is 0 Å². The van der Waals surface area contributed by atoms with Crippen LogP contribution in [0.3, 0.4) is 0 Å². The molecule has 0 bridgehead atoms. The molecule has 0 unspecified atom stereocenters. The number of fused-ring (bicyclic) bond motifs is 10. The van der Waals surface area contributed by atoms with Gasteiger partial charge in [0, 0.05) is 64.1 Å². The van der Waals surface area contributed by atoms with Gasteiger partial charge in [-0.1, -0.05) is 127 Å². The zero-order valence-corrected chi connectivity index (χ0v) is 31.2. The van der Waals surface area contributed by atoms with Crippen molar-refractivity contribution in [1.82, 2.24) is 19.5 Å². The van der Waals surface area contributed by atoms with Crippen molar-refractivity contribution in [1.29, 1.82) is 0 Å². The van der Waals surface area contributed by atoms with E-state index in [-0.39, 0.29) is 0 Å². The largest absolute Gasteiger partial charge is 0.455 e. The summed E-state index contributed by atoms with van der Waals surface area (Å²) in [6, 6.07) is 63.8. The van der Waals surface area contributed by atoms with E-state index in [1.54, 1.807) is 11.3 Å². The van der Waals surface area contributed by atoms with Crippen molar-refractivity contribution in [3.8, 4) is 51.0 Å². The topological polar surface area (TPSA) is 56.7 Å². The second-order valence-electron chi connectivity index (χ2n) is 14.4. The van der Waals surface area contributed by atoms with E-state index < -0.39 is 0 Å². The third-order valence-corrected chi connectivity index (χ3v) is 12.2. The maximum absolute atomic E-state index is 6.69. The Balaban J connectivity index is 1.16. The predicted molar refractivity (Wildman–Crippen MR) is 236 cm³/mol. The van der Waals surface area contributed by atoms with Gasteiger partial charge in [0.1, 0.15) is 11.2 Å². The molecule has 0 radical (unpaired) electrons. The van der Waals surface area contributed by atoms with E-state index in [0.717, 1.165) is 75.6 Å². The summed E-state index contributed by atoms with van der Waals surface area (Å²) < 4.78 is 11.3. The molecule has 12 aromatic rings. The molecule has 0 saturated carbocycles. The van der Waals surface area contributed by atoms with Crippen LogP contribution in [0, 0.1) is 0 Å². The number of hydrogen-bond donors (Lipinski definition) is 0. The normalized spacial score (nSPS) is 11.9. The van der Waals surface area contributed by atoms with Gasteiger partial charge in [-0.3, -0.25) is 0 Å². The third kappa shape index (κ3) is 5.04. The molecular formula is C51H30N4OS. The second-order valence-corrected chi connectivity index (χ2v) is 15.4. The Morgan fingerprint density at radius 1 is 0.421 bits per heavy atom. The van der Waals surface area contributed by atoms with Gasteiger partial charge < -0.3 is 8.98 Å². The van der Waals surface area contributed by atoms with Crippen LogP contribution in [0.25, 0.3) is 115 Å². The van der Waals surface area contributed by atoms with Gasteiger partial charge in [0.25, 0.3) is 0 Å². The highest BCUT2D eigenvalue weighted by Gasteiger charge is 2.22. The molecule has 4 heterocycles. The van der Waals surface area contributed by atoms with Gasteiger partial charge in [-0.25, -0.2) is 15.0 Å². The number of aromatic nitrogens is 4. The van der Waals surface area contributed by atoms with Crippen LogP contribution >= 0.6 is 11.3 Å². The summed E-state index contributed by atoms with van der Waals surface area (Å²) >= 11 is 1.75. The van der Waals surface area contributed by atoms with Gasteiger partial charge in [0.2, 0.25) is 0 Å². The fourth-order valence-electron chi connectivity index (χ4n) is 8.43. The third-order valence-electron chi connectivity index (χ3n) is 11.0. The minimum atomic E-state index is 0.625. The average molecular weight is 747 g/mol. The van der Waals surface area contributed by atoms with Crippen LogP contribution in [-0.2, 0) is 0 Å². The van der Waals surface area contributed by atoms with E-state index in [1.807, 2.05) is 48.5 Å². The molecule has 8 aromatic carbocycles. The van der Waals surface area contributed by atoms with E-state index in [1.165, 1.54) is 21.8 Å². The zero-order chi connectivity index (χ0) is 37.5. The highest BCUT2D eigenvalue weighted by molar-refractivity contribution is 7.26. The molecule has 0 aliphatic heterocycles. The van der Waals surface area contributed by atoms with Crippen molar-refractivity contribution < 1.29 is 4.42 Å². The lowest BCUT2D eigenvalue weighted by Gasteiger charge is -2.13. The van der Waals surface area contributed by atoms with Crippen LogP contribution in [-0.4, -0.2) is 19.5 Å². The predicted octanol–water partition coefficient (Wildman–Crippen LogP) is 13.9. The van der Waals surface area contributed by atoms with Crippen LogP contribution in [0.1, 0.15) is 0 Å². The fourth-order valence-corrected chi connectivity index (χ4v) is 9.62. The summed E-state index contributed by atoms with van der Waals surface area (Å²) in [6.07, 6.45) is 0. The van der Waals surface area contributed by atoms with E-state index in [9.17, 15) is 0 Å². The lowest BCUT2D eigenvalue weighted by molar-refractivity contribution is 0.673. The van der Waals surface area contributed by atoms with Gasteiger partial charge in [0.05, 0.1) is 11.0 Å². The van der Waals surface area contributed by atoms with E-state index in [2.05, 4.69) is 138 Å². The first-order valence-corrected chi connectivity index (χ1v) is 19.8. The van der Waals surface area contributed by atoms with Crippen molar-refractivity contribution in [3.05, 3.63) is 182 Å². The first-order chi connectivity index (χ1) is 28.2. The minimum Gasteiger partial charge on any atom is -0.455 e. The van der Waals surface area contributed by atoms with Gasteiger partial charge in [0.15, 0.2) is 17.5 Å². The Kier molecular flexibility index (Phi) is 7.03. The SMILES string of the molecule is c1ccc(-c2nc(-c3ccccc3)nc(-c3cc(-c4cccc(-n5c6ccccc6c6ccccc65)c4)cc4c3sc3ccc5c6ccccc6oc5c34)n2)cc1. The molecule has 0 saturated heterocycles. The molecule has 0 atom stereocenters. The fraction of sp³-hybridized carbons (Fsp3) is 0. The number of benzene rings is 8. The summed E-state index contributed by atoms with van der Waals surface area (Å²) in [5.74, 6) is 1.89. The summed E-state index contributed by atoms with van der Waals surface area (Å²) in [5, 5.41) is 6.90. The van der Waals surface area contributed by atoms with E-state index in [4.69, 9.17) is 19.4 Å². The lowest BCUT2D eigenvalue weighted by Crippen LogP contribution is -2.00. The van der Waals surface area contributed by atoms with Crippen molar-refractivity contribution in [2.75, 3.05) is 0 Å². The quantitative estimate of drug-likeness (QED) is 0.176. The molecule has 57 heavy (non-hydrogen) atoms. The number of thiophene rings is 1. The second kappa shape index (κ2) is 12.6. The summed E-state index contributed by atoms with van der Waals surface area (Å²) in [5.41, 5.74) is 10.2. The Labute approximate surface area is 330 Å². The molecule has 4 aromatic heterocycles. The van der Waals surface area contributed by atoms with Crippen LogP contribution in [0.4, 0.5) is 0 Å². The van der Waals surface area contributed by atoms with Gasteiger partial charge in [-0.15, -0.1) is 11.3 Å².